The van der Waals surface area contributed by atoms with E-state index in [1.807, 2.05) is 6.92 Å². The number of alkyl halides is 1. The normalized spacial score (nSPS) is 39.7. The van der Waals surface area contributed by atoms with E-state index in [1.54, 1.807) is 0 Å². The number of hydrogen-bond donors (Lipinski definition) is 0. The molecule has 2 nitrogen and oxygen atoms in total. The van der Waals surface area contributed by atoms with Crippen LogP contribution in [-0.2, 0) is 4.74 Å². The van der Waals surface area contributed by atoms with E-state index in [2.05, 4.69) is 11.8 Å². The van der Waals surface area contributed by atoms with Crippen LogP contribution in [0.4, 0.5) is 4.39 Å². The molecule has 0 aromatic heterocycles. The van der Waals surface area contributed by atoms with Crippen molar-refractivity contribution in [3.8, 4) is 0 Å². The topological polar surface area (TPSA) is 12.5 Å². The lowest BCUT2D eigenvalue weighted by Gasteiger charge is -2.35. The summed E-state index contributed by atoms with van der Waals surface area (Å²) in [5.41, 5.74) is 0. The fraction of sp³-hybridized carbons (Fsp3) is 1.00. The zero-order chi connectivity index (χ0) is 12.3. The lowest BCUT2D eigenvalue weighted by atomic mass is 9.79. The molecule has 0 amide bonds. The van der Waals surface area contributed by atoms with Gasteiger partial charge in [0.1, 0.15) is 6.17 Å². The van der Waals surface area contributed by atoms with Crippen LogP contribution >= 0.6 is 0 Å². The second-order valence-electron chi connectivity index (χ2n) is 5.82. The molecule has 0 N–H and O–H groups in total. The van der Waals surface area contributed by atoms with Crippen LogP contribution in [0.3, 0.4) is 0 Å². The quantitative estimate of drug-likeness (QED) is 0.753. The average molecular weight is 243 g/mol. The van der Waals surface area contributed by atoms with Crippen molar-refractivity contribution in [1.29, 1.82) is 0 Å². The summed E-state index contributed by atoms with van der Waals surface area (Å²) in [6.07, 6.45) is 3.71. The van der Waals surface area contributed by atoms with Crippen LogP contribution in [0.1, 0.15) is 39.5 Å². The van der Waals surface area contributed by atoms with Crippen molar-refractivity contribution >= 4 is 0 Å². The molecule has 1 aliphatic carbocycles. The summed E-state index contributed by atoms with van der Waals surface area (Å²) in [6, 6.07) is 0. The van der Waals surface area contributed by atoms with Gasteiger partial charge in [0.25, 0.3) is 0 Å². The number of likely N-dealkylation sites (tertiary alicyclic amines) is 1. The molecule has 1 saturated carbocycles. The Hall–Kier alpha value is -0.150. The van der Waals surface area contributed by atoms with Crippen molar-refractivity contribution < 1.29 is 9.13 Å². The van der Waals surface area contributed by atoms with Crippen molar-refractivity contribution in [1.82, 2.24) is 4.90 Å². The summed E-state index contributed by atoms with van der Waals surface area (Å²) in [5.74, 6) is 0.656. The third kappa shape index (κ3) is 3.41. The molecule has 1 heterocycles. The van der Waals surface area contributed by atoms with Crippen LogP contribution in [0.25, 0.3) is 0 Å². The van der Waals surface area contributed by atoms with Crippen molar-refractivity contribution in [2.24, 2.45) is 11.8 Å². The summed E-state index contributed by atoms with van der Waals surface area (Å²) in [7, 11) is 0. The fourth-order valence-electron chi connectivity index (χ4n) is 3.02. The molecule has 2 aliphatic rings. The van der Waals surface area contributed by atoms with E-state index in [9.17, 15) is 4.39 Å². The number of ether oxygens (including phenoxy) is 1. The second kappa shape index (κ2) is 6.14. The van der Waals surface area contributed by atoms with Gasteiger partial charge in [-0.05, 0) is 50.6 Å². The van der Waals surface area contributed by atoms with Crippen LogP contribution in [0.2, 0.25) is 0 Å². The summed E-state index contributed by atoms with van der Waals surface area (Å²) < 4.78 is 19.8. The van der Waals surface area contributed by atoms with Gasteiger partial charge in [0.05, 0.1) is 12.7 Å². The maximum absolute atomic E-state index is 14.1. The van der Waals surface area contributed by atoms with Gasteiger partial charge in [-0.25, -0.2) is 4.39 Å². The molecular formula is C14H26FNO. The van der Waals surface area contributed by atoms with Gasteiger partial charge in [0.15, 0.2) is 0 Å². The minimum Gasteiger partial charge on any atom is -0.374 e. The SMILES string of the molecule is CC1CCC(OCCN2CCCC2)C(F)C1C. The highest BCUT2D eigenvalue weighted by Gasteiger charge is 2.35. The zero-order valence-electron chi connectivity index (χ0n) is 11.2. The van der Waals surface area contributed by atoms with Gasteiger partial charge in [-0.15, -0.1) is 0 Å². The molecule has 3 heteroatoms. The molecule has 4 atom stereocenters. The third-order valence-corrected chi connectivity index (χ3v) is 4.60. The highest BCUT2D eigenvalue weighted by atomic mass is 19.1. The first-order valence-electron chi connectivity index (χ1n) is 7.16. The first-order valence-corrected chi connectivity index (χ1v) is 7.16. The molecule has 17 heavy (non-hydrogen) atoms. The second-order valence-corrected chi connectivity index (χ2v) is 5.82. The first kappa shape index (κ1) is 13.3. The Balaban J connectivity index is 1.67. The summed E-state index contributed by atoms with van der Waals surface area (Å²) in [6.45, 7) is 8.24. The molecule has 0 spiro atoms. The molecule has 0 bridgehead atoms. The molecule has 0 radical (unpaired) electrons. The van der Waals surface area contributed by atoms with E-state index in [-0.39, 0.29) is 12.0 Å². The lowest BCUT2D eigenvalue weighted by molar-refractivity contribution is -0.0621. The number of nitrogens with zero attached hydrogens (tertiary/aromatic N) is 1. The van der Waals surface area contributed by atoms with E-state index in [1.165, 1.54) is 25.9 Å². The van der Waals surface area contributed by atoms with Gasteiger partial charge in [-0.3, -0.25) is 0 Å². The molecule has 0 aromatic carbocycles. The Morgan fingerprint density at radius 2 is 1.88 bits per heavy atom. The molecule has 1 aliphatic heterocycles. The molecular weight excluding hydrogens is 217 g/mol. The average Bonchev–Trinajstić information content (AvgIpc) is 2.82. The monoisotopic (exact) mass is 243 g/mol. The standard InChI is InChI=1S/C14H26FNO/c1-11-5-6-13(14(15)12(11)2)17-10-9-16-7-3-4-8-16/h11-14H,3-10H2,1-2H3. The highest BCUT2D eigenvalue weighted by molar-refractivity contribution is 4.84. The van der Waals surface area contributed by atoms with Crippen LogP contribution in [-0.4, -0.2) is 43.4 Å². The van der Waals surface area contributed by atoms with Crippen LogP contribution < -0.4 is 0 Å². The van der Waals surface area contributed by atoms with E-state index in [0.29, 0.717) is 12.5 Å². The predicted octanol–water partition coefficient (Wildman–Crippen LogP) is 2.87. The van der Waals surface area contributed by atoms with E-state index in [0.717, 1.165) is 19.4 Å². The lowest BCUT2D eigenvalue weighted by Crippen LogP contribution is -2.40. The smallest absolute Gasteiger partial charge is 0.129 e. The fourth-order valence-corrected chi connectivity index (χ4v) is 3.02. The highest BCUT2D eigenvalue weighted by Crippen LogP contribution is 2.33. The Labute approximate surface area is 105 Å². The molecule has 2 rings (SSSR count). The Bertz CT molecular complexity index is 230. The Morgan fingerprint density at radius 3 is 2.59 bits per heavy atom. The molecule has 100 valence electrons. The third-order valence-electron chi connectivity index (χ3n) is 4.60. The minimum absolute atomic E-state index is 0.149. The summed E-state index contributed by atoms with van der Waals surface area (Å²) >= 11 is 0. The molecule has 4 unspecified atom stereocenters. The van der Waals surface area contributed by atoms with Crippen molar-refractivity contribution in [3.05, 3.63) is 0 Å². The molecule has 0 aromatic rings. The van der Waals surface area contributed by atoms with E-state index < -0.39 is 6.17 Å². The van der Waals surface area contributed by atoms with Gasteiger partial charge in [-0.2, -0.15) is 0 Å². The molecule has 1 saturated heterocycles. The number of rotatable bonds is 4. The zero-order valence-corrected chi connectivity index (χ0v) is 11.2. The van der Waals surface area contributed by atoms with Crippen molar-refractivity contribution in [3.63, 3.8) is 0 Å². The number of halogens is 1. The van der Waals surface area contributed by atoms with E-state index in [4.69, 9.17) is 4.74 Å². The number of hydrogen-bond acceptors (Lipinski definition) is 2. The van der Waals surface area contributed by atoms with Crippen molar-refractivity contribution in [2.75, 3.05) is 26.2 Å². The van der Waals surface area contributed by atoms with Gasteiger partial charge in [-0.1, -0.05) is 13.8 Å². The van der Waals surface area contributed by atoms with Gasteiger partial charge < -0.3 is 9.64 Å². The van der Waals surface area contributed by atoms with Gasteiger partial charge >= 0.3 is 0 Å². The van der Waals surface area contributed by atoms with Crippen LogP contribution in [0.5, 0.6) is 0 Å². The summed E-state index contributed by atoms with van der Waals surface area (Å²) in [4.78, 5) is 2.42. The maximum Gasteiger partial charge on any atom is 0.129 e. The largest absolute Gasteiger partial charge is 0.374 e. The Kier molecular flexibility index (Phi) is 4.80. The minimum atomic E-state index is -0.766. The van der Waals surface area contributed by atoms with E-state index >= 15 is 0 Å². The van der Waals surface area contributed by atoms with Crippen LogP contribution in [0, 0.1) is 11.8 Å². The van der Waals surface area contributed by atoms with Crippen LogP contribution in [0.15, 0.2) is 0 Å². The first-order chi connectivity index (χ1) is 8.18. The van der Waals surface area contributed by atoms with Gasteiger partial charge in [0, 0.05) is 6.54 Å². The summed E-state index contributed by atoms with van der Waals surface area (Å²) in [5, 5.41) is 0. The maximum atomic E-state index is 14.1. The van der Waals surface area contributed by atoms with Crippen molar-refractivity contribution in [2.45, 2.75) is 51.8 Å². The molecule has 2 fully saturated rings. The van der Waals surface area contributed by atoms with Gasteiger partial charge in [0.2, 0.25) is 0 Å². The Morgan fingerprint density at radius 1 is 1.18 bits per heavy atom. The predicted molar refractivity (Wildman–Crippen MR) is 67.9 cm³/mol.